The summed E-state index contributed by atoms with van der Waals surface area (Å²) >= 11 is 0. The molecule has 1 aromatic rings. The Bertz CT molecular complexity index is 246. The van der Waals surface area contributed by atoms with E-state index >= 15 is 0 Å². The van der Waals surface area contributed by atoms with Crippen LogP contribution in [0.5, 0.6) is 0 Å². The molecule has 0 nitrogen and oxygen atoms in total. The second kappa shape index (κ2) is 3.97. The van der Waals surface area contributed by atoms with E-state index in [0.717, 1.165) is 6.42 Å². The third-order valence-electron chi connectivity index (χ3n) is 1.78. The maximum atomic E-state index is 2.18. The lowest BCUT2D eigenvalue weighted by atomic mass is 10.1. The molecule has 0 radical (unpaired) electrons. The van der Waals surface area contributed by atoms with Crippen molar-refractivity contribution in [2.24, 2.45) is 0 Å². The summed E-state index contributed by atoms with van der Waals surface area (Å²) < 4.78 is 0. The molecule has 58 valence electrons. The monoisotopic (exact) mass is 146 g/mol. The van der Waals surface area contributed by atoms with Crippen molar-refractivity contribution < 1.29 is 0 Å². The summed E-state index contributed by atoms with van der Waals surface area (Å²) in [4.78, 5) is 0. The van der Waals surface area contributed by atoms with Crippen LogP contribution >= 0.6 is 0 Å². The van der Waals surface area contributed by atoms with Crippen molar-refractivity contribution in [1.29, 1.82) is 0 Å². The first-order valence-corrected chi connectivity index (χ1v) is 4.09. The minimum absolute atomic E-state index is 1.11. The smallest absolute Gasteiger partial charge is 0.0228 e. The van der Waals surface area contributed by atoms with E-state index in [2.05, 4.69) is 43.3 Å². The van der Waals surface area contributed by atoms with Gasteiger partial charge >= 0.3 is 0 Å². The van der Waals surface area contributed by atoms with Gasteiger partial charge in [0.15, 0.2) is 0 Å². The van der Waals surface area contributed by atoms with Gasteiger partial charge in [0.1, 0.15) is 0 Å². The highest BCUT2D eigenvalue weighted by Gasteiger charge is 1.92. The normalized spacial score (nSPS) is 10.7. The van der Waals surface area contributed by atoms with Crippen molar-refractivity contribution in [2.45, 2.75) is 20.3 Å². The molecule has 0 heteroatoms. The van der Waals surface area contributed by atoms with Crippen LogP contribution in [0.4, 0.5) is 0 Å². The molecule has 0 N–H and O–H groups in total. The topological polar surface area (TPSA) is 0 Å². The Morgan fingerprint density at radius 3 is 2.64 bits per heavy atom. The molecule has 0 atom stereocenters. The lowest BCUT2D eigenvalue weighted by Gasteiger charge is -2.00. The predicted octanol–water partition coefficient (Wildman–Crippen LogP) is 3.28. The second-order valence-electron chi connectivity index (χ2n) is 2.55. The zero-order chi connectivity index (χ0) is 8.10. The van der Waals surface area contributed by atoms with Gasteiger partial charge in [-0.15, -0.1) is 0 Å². The summed E-state index contributed by atoms with van der Waals surface area (Å²) in [5, 5.41) is 0. The fourth-order valence-corrected chi connectivity index (χ4v) is 1.20. The van der Waals surface area contributed by atoms with Gasteiger partial charge in [-0.2, -0.15) is 0 Å². The molecule has 0 aromatic heterocycles. The van der Waals surface area contributed by atoms with E-state index in [1.54, 1.807) is 0 Å². The highest BCUT2D eigenvalue weighted by atomic mass is 14.0. The minimum Gasteiger partial charge on any atom is -0.0871 e. The van der Waals surface area contributed by atoms with Gasteiger partial charge in [0.2, 0.25) is 0 Å². The van der Waals surface area contributed by atoms with Crippen molar-refractivity contribution >= 4 is 6.08 Å². The largest absolute Gasteiger partial charge is 0.0871 e. The third-order valence-corrected chi connectivity index (χ3v) is 1.78. The van der Waals surface area contributed by atoms with Gasteiger partial charge in [-0.1, -0.05) is 43.3 Å². The van der Waals surface area contributed by atoms with Crippen LogP contribution in [0.1, 0.15) is 25.0 Å². The van der Waals surface area contributed by atoms with E-state index in [1.165, 1.54) is 11.1 Å². The Morgan fingerprint density at radius 1 is 1.27 bits per heavy atom. The molecule has 0 saturated heterocycles. The maximum Gasteiger partial charge on any atom is -0.0228 e. The molecule has 0 spiro atoms. The Balaban J connectivity index is 3.02. The molecule has 0 bridgehead atoms. The number of hydrogen-bond donors (Lipinski definition) is 0. The highest BCUT2D eigenvalue weighted by Crippen LogP contribution is 2.10. The lowest BCUT2D eigenvalue weighted by Crippen LogP contribution is -1.83. The number of hydrogen-bond acceptors (Lipinski definition) is 0. The van der Waals surface area contributed by atoms with E-state index in [9.17, 15) is 0 Å². The first-order valence-electron chi connectivity index (χ1n) is 4.09. The molecule has 0 aliphatic heterocycles. The third kappa shape index (κ3) is 1.94. The van der Waals surface area contributed by atoms with E-state index < -0.39 is 0 Å². The van der Waals surface area contributed by atoms with Crippen molar-refractivity contribution in [1.82, 2.24) is 0 Å². The quantitative estimate of drug-likeness (QED) is 0.600. The van der Waals surface area contributed by atoms with E-state index in [4.69, 9.17) is 0 Å². The van der Waals surface area contributed by atoms with Crippen LogP contribution in [0.25, 0.3) is 6.08 Å². The predicted molar refractivity (Wildman–Crippen MR) is 50.5 cm³/mol. The average molecular weight is 146 g/mol. The zero-order valence-corrected chi connectivity index (χ0v) is 7.17. The van der Waals surface area contributed by atoms with Crippen molar-refractivity contribution in [3.05, 3.63) is 41.5 Å². The summed E-state index contributed by atoms with van der Waals surface area (Å²) in [7, 11) is 0. The SMILES string of the molecule is CC=Cc1ccccc1CC. The molecule has 0 fully saturated rings. The summed E-state index contributed by atoms with van der Waals surface area (Å²) in [6.07, 6.45) is 5.34. The van der Waals surface area contributed by atoms with Gasteiger partial charge in [0.25, 0.3) is 0 Å². The molecule has 1 rings (SSSR count). The lowest BCUT2D eigenvalue weighted by molar-refractivity contribution is 1.13. The van der Waals surface area contributed by atoms with Crippen LogP contribution in [0.2, 0.25) is 0 Å². The van der Waals surface area contributed by atoms with Gasteiger partial charge in [-0.05, 0) is 24.5 Å². The van der Waals surface area contributed by atoms with E-state index in [0.29, 0.717) is 0 Å². The first kappa shape index (κ1) is 8.06. The van der Waals surface area contributed by atoms with Crippen LogP contribution < -0.4 is 0 Å². The number of allylic oxidation sites excluding steroid dienone is 1. The first-order chi connectivity index (χ1) is 5.38. The second-order valence-corrected chi connectivity index (χ2v) is 2.55. The van der Waals surface area contributed by atoms with Crippen molar-refractivity contribution in [2.75, 3.05) is 0 Å². The van der Waals surface area contributed by atoms with Crippen molar-refractivity contribution in [3.8, 4) is 0 Å². The number of rotatable bonds is 2. The standard InChI is InChI=1S/C11H14/c1-3-7-11-9-6-5-8-10(11)4-2/h3,5-9H,4H2,1-2H3. The van der Waals surface area contributed by atoms with Crippen LogP contribution in [0.3, 0.4) is 0 Å². The molecular weight excluding hydrogens is 132 g/mol. The Labute approximate surface area is 68.6 Å². The Morgan fingerprint density at radius 2 is 2.00 bits per heavy atom. The molecule has 0 saturated carbocycles. The van der Waals surface area contributed by atoms with Gasteiger partial charge in [-0.3, -0.25) is 0 Å². The summed E-state index contributed by atoms with van der Waals surface area (Å²) in [6, 6.07) is 8.49. The molecule has 0 unspecified atom stereocenters. The van der Waals surface area contributed by atoms with Crippen molar-refractivity contribution in [3.63, 3.8) is 0 Å². The van der Waals surface area contributed by atoms with Gasteiger partial charge in [-0.25, -0.2) is 0 Å². The Kier molecular flexibility index (Phi) is 2.91. The fraction of sp³-hybridized carbons (Fsp3) is 0.273. The number of aryl methyl sites for hydroxylation is 1. The maximum absolute atomic E-state index is 2.18. The molecule has 0 heterocycles. The average Bonchev–Trinajstić information content (AvgIpc) is 2.06. The highest BCUT2D eigenvalue weighted by molar-refractivity contribution is 5.53. The molecular formula is C11H14. The fourth-order valence-electron chi connectivity index (χ4n) is 1.20. The zero-order valence-electron chi connectivity index (χ0n) is 7.17. The Hall–Kier alpha value is -1.04. The van der Waals surface area contributed by atoms with E-state index in [1.807, 2.05) is 6.92 Å². The van der Waals surface area contributed by atoms with E-state index in [-0.39, 0.29) is 0 Å². The molecule has 11 heavy (non-hydrogen) atoms. The van der Waals surface area contributed by atoms with Crippen LogP contribution in [-0.2, 0) is 6.42 Å². The van der Waals surface area contributed by atoms with Gasteiger partial charge < -0.3 is 0 Å². The summed E-state index contributed by atoms with van der Waals surface area (Å²) in [5.74, 6) is 0. The van der Waals surface area contributed by atoms with Gasteiger partial charge in [0, 0.05) is 0 Å². The van der Waals surface area contributed by atoms with Crippen LogP contribution in [0, 0.1) is 0 Å². The molecule has 1 aromatic carbocycles. The summed E-state index contributed by atoms with van der Waals surface area (Å²) in [5.41, 5.74) is 2.77. The van der Waals surface area contributed by atoms with Gasteiger partial charge in [0.05, 0.1) is 0 Å². The minimum atomic E-state index is 1.11. The van der Waals surface area contributed by atoms with Crippen LogP contribution in [-0.4, -0.2) is 0 Å². The molecule has 0 amide bonds. The summed E-state index contributed by atoms with van der Waals surface area (Å²) in [6.45, 7) is 4.23. The molecule has 0 aliphatic carbocycles. The number of benzene rings is 1. The molecule has 0 aliphatic rings. The van der Waals surface area contributed by atoms with Crippen LogP contribution in [0.15, 0.2) is 30.3 Å².